The zero-order valence-corrected chi connectivity index (χ0v) is 12.3. The molecule has 0 bridgehead atoms. The first-order valence-corrected chi connectivity index (χ1v) is 6.93. The van der Waals surface area contributed by atoms with Crippen molar-refractivity contribution in [3.63, 3.8) is 0 Å². The molecule has 112 valence electrons. The highest BCUT2D eigenvalue weighted by atomic mass is 16.5. The maximum Gasteiger partial charge on any atom is 0.310 e. The number of aryl methyl sites for hydroxylation is 1. The molecule has 0 aliphatic rings. The molecule has 5 nitrogen and oxygen atoms in total. The Labute approximate surface area is 124 Å². The van der Waals surface area contributed by atoms with Gasteiger partial charge >= 0.3 is 11.9 Å². The fraction of sp³-hybridized carbons (Fsp3) is 0.438. The van der Waals surface area contributed by atoms with Gasteiger partial charge in [0.1, 0.15) is 0 Å². The van der Waals surface area contributed by atoms with Gasteiger partial charge in [-0.15, -0.1) is 0 Å². The summed E-state index contributed by atoms with van der Waals surface area (Å²) in [6, 6.07) is 7.14. The number of hydrogen-bond acceptors (Lipinski definition) is 5. The second kappa shape index (κ2) is 8.75. The van der Waals surface area contributed by atoms with Gasteiger partial charge in [0.25, 0.3) is 0 Å². The smallest absolute Gasteiger partial charge is 0.310 e. The molecule has 0 spiro atoms. The highest BCUT2D eigenvalue weighted by Crippen LogP contribution is 2.16. The molecule has 1 rings (SSSR count). The number of esters is 2. The first kappa shape index (κ1) is 16.7. The molecule has 21 heavy (non-hydrogen) atoms. The van der Waals surface area contributed by atoms with Crippen LogP contribution in [0.4, 0.5) is 0 Å². The molecule has 0 heterocycles. The fourth-order valence-electron chi connectivity index (χ4n) is 1.94. The molecule has 0 aromatic heterocycles. The fourth-order valence-corrected chi connectivity index (χ4v) is 1.94. The minimum atomic E-state index is -0.320. The van der Waals surface area contributed by atoms with Gasteiger partial charge in [0.15, 0.2) is 0 Å². The van der Waals surface area contributed by atoms with E-state index < -0.39 is 0 Å². The molecule has 0 N–H and O–H groups in total. The molecule has 0 aliphatic carbocycles. The van der Waals surface area contributed by atoms with Gasteiger partial charge in [-0.1, -0.05) is 6.07 Å². The summed E-state index contributed by atoms with van der Waals surface area (Å²) in [4.78, 5) is 23.0. The van der Waals surface area contributed by atoms with E-state index in [9.17, 15) is 9.59 Å². The van der Waals surface area contributed by atoms with E-state index in [1.165, 1.54) is 0 Å². The monoisotopic (exact) mass is 289 g/mol. The van der Waals surface area contributed by atoms with E-state index in [1.54, 1.807) is 32.0 Å². The van der Waals surface area contributed by atoms with Crippen LogP contribution in [0.1, 0.15) is 37.0 Å². The highest BCUT2D eigenvalue weighted by Gasteiger charge is 2.12. The standard InChI is InChI=1S/C16H19NO4/c1-3-20-15(18)8-7-13-9-12(11-17)5-6-14(13)10-16(19)21-4-2/h5-6,9H,3-4,7-8,10H2,1-2H3. The molecule has 5 heteroatoms. The van der Waals surface area contributed by atoms with Crippen molar-refractivity contribution in [1.82, 2.24) is 0 Å². The first-order chi connectivity index (χ1) is 10.1. The van der Waals surface area contributed by atoms with Crippen LogP contribution in [0.2, 0.25) is 0 Å². The Kier molecular flexibility index (Phi) is 6.96. The van der Waals surface area contributed by atoms with E-state index >= 15 is 0 Å². The van der Waals surface area contributed by atoms with Gasteiger partial charge in [-0.3, -0.25) is 9.59 Å². The quantitative estimate of drug-likeness (QED) is 0.719. The summed E-state index contributed by atoms with van der Waals surface area (Å²) in [6.45, 7) is 4.17. The average Bonchev–Trinajstić information content (AvgIpc) is 2.46. The Morgan fingerprint density at radius 1 is 1.10 bits per heavy atom. The van der Waals surface area contributed by atoms with Crippen LogP contribution in [0.25, 0.3) is 0 Å². The predicted octanol–water partition coefficient (Wildman–Crippen LogP) is 2.16. The number of hydrogen-bond donors (Lipinski definition) is 0. The van der Waals surface area contributed by atoms with Crippen LogP contribution in [0.5, 0.6) is 0 Å². The molecular weight excluding hydrogens is 270 g/mol. The van der Waals surface area contributed by atoms with Crippen molar-refractivity contribution in [2.75, 3.05) is 13.2 Å². The lowest BCUT2D eigenvalue weighted by molar-refractivity contribution is -0.143. The maximum absolute atomic E-state index is 11.6. The Morgan fingerprint density at radius 2 is 1.76 bits per heavy atom. The van der Waals surface area contributed by atoms with Gasteiger partial charge in [0, 0.05) is 6.42 Å². The van der Waals surface area contributed by atoms with E-state index in [-0.39, 0.29) is 24.8 Å². The van der Waals surface area contributed by atoms with E-state index in [4.69, 9.17) is 14.7 Å². The normalized spacial score (nSPS) is 9.76. The number of carbonyl (C=O) groups is 2. The van der Waals surface area contributed by atoms with Crippen LogP contribution in [-0.4, -0.2) is 25.2 Å². The van der Waals surface area contributed by atoms with Gasteiger partial charge in [0.05, 0.1) is 31.3 Å². The molecule has 0 radical (unpaired) electrons. The van der Waals surface area contributed by atoms with Crippen LogP contribution in [0, 0.1) is 11.3 Å². The SMILES string of the molecule is CCOC(=O)CCc1cc(C#N)ccc1CC(=O)OCC. The molecule has 1 aromatic carbocycles. The van der Waals surface area contributed by atoms with Gasteiger partial charge in [-0.2, -0.15) is 5.26 Å². The summed E-state index contributed by atoms with van der Waals surface area (Å²) in [5.74, 6) is -0.610. The van der Waals surface area contributed by atoms with E-state index in [0.29, 0.717) is 25.2 Å². The zero-order chi connectivity index (χ0) is 15.7. The van der Waals surface area contributed by atoms with Gasteiger partial charge in [-0.05, 0) is 43.5 Å². The van der Waals surface area contributed by atoms with Crippen LogP contribution in [-0.2, 0) is 31.9 Å². The lowest BCUT2D eigenvalue weighted by Crippen LogP contribution is -2.11. The average molecular weight is 289 g/mol. The number of nitrogens with zero attached hydrogens (tertiary/aromatic N) is 1. The molecular formula is C16H19NO4. The van der Waals surface area contributed by atoms with Crippen LogP contribution < -0.4 is 0 Å². The Balaban J connectivity index is 2.84. The lowest BCUT2D eigenvalue weighted by atomic mass is 9.98. The number of nitriles is 1. The maximum atomic E-state index is 11.6. The third-order valence-corrected chi connectivity index (χ3v) is 2.88. The Morgan fingerprint density at radius 3 is 2.38 bits per heavy atom. The molecule has 0 saturated heterocycles. The lowest BCUT2D eigenvalue weighted by Gasteiger charge is -2.09. The Bertz CT molecular complexity index is 546. The summed E-state index contributed by atoms with van der Waals surface area (Å²) in [5.41, 5.74) is 2.08. The van der Waals surface area contributed by atoms with Crippen molar-refractivity contribution in [1.29, 1.82) is 5.26 Å². The minimum Gasteiger partial charge on any atom is -0.466 e. The van der Waals surface area contributed by atoms with Crippen molar-refractivity contribution in [2.24, 2.45) is 0 Å². The minimum absolute atomic E-state index is 0.137. The van der Waals surface area contributed by atoms with Crippen LogP contribution >= 0.6 is 0 Å². The van der Waals surface area contributed by atoms with Crippen molar-refractivity contribution in [3.05, 3.63) is 34.9 Å². The van der Waals surface area contributed by atoms with Gasteiger partial charge in [-0.25, -0.2) is 0 Å². The second-order valence-corrected chi connectivity index (χ2v) is 4.38. The molecule has 0 fully saturated rings. The molecule has 0 atom stereocenters. The number of carbonyl (C=O) groups excluding carboxylic acids is 2. The molecule has 0 unspecified atom stereocenters. The van der Waals surface area contributed by atoms with Crippen LogP contribution in [0.15, 0.2) is 18.2 Å². The Hall–Kier alpha value is -2.35. The topological polar surface area (TPSA) is 76.4 Å². The first-order valence-electron chi connectivity index (χ1n) is 6.93. The molecule has 0 saturated carbocycles. The number of ether oxygens (including phenoxy) is 2. The van der Waals surface area contributed by atoms with Crippen molar-refractivity contribution < 1.29 is 19.1 Å². The summed E-state index contributed by atoms with van der Waals surface area (Å²) in [6.07, 6.45) is 0.791. The van der Waals surface area contributed by atoms with Crippen molar-refractivity contribution >= 4 is 11.9 Å². The summed E-state index contributed by atoms with van der Waals surface area (Å²) >= 11 is 0. The number of rotatable bonds is 7. The molecule has 0 amide bonds. The molecule has 0 aliphatic heterocycles. The van der Waals surface area contributed by atoms with Gasteiger partial charge in [0.2, 0.25) is 0 Å². The predicted molar refractivity (Wildman–Crippen MR) is 76.4 cm³/mol. The summed E-state index contributed by atoms with van der Waals surface area (Å²) in [7, 11) is 0. The third kappa shape index (κ3) is 5.65. The van der Waals surface area contributed by atoms with E-state index in [2.05, 4.69) is 6.07 Å². The second-order valence-electron chi connectivity index (χ2n) is 4.38. The zero-order valence-electron chi connectivity index (χ0n) is 12.3. The third-order valence-electron chi connectivity index (χ3n) is 2.88. The van der Waals surface area contributed by atoms with Gasteiger partial charge < -0.3 is 9.47 Å². The van der Waals surface area contributed by atoms with Crippen LogP contribution in [0.3, 0.4) is 0 Å². The van der Waals surface area contributed by atoms with E-state index in [0.717, 1.165) is 11.1 Å². The molecule has 1 aromatic rings. The number of benzene rings is 1. The van der Waals surface area contributed by atoms with Crippen molar-refractivity contribution in [3.8, 4) is 6.07 Å². The summed E-state index contributed by atoms with van der Waals surface area (Å²) in [5, 5.41) is 8.95. The van der Waals surface area contributed by atoms with E-state index in [1.807, 2.05) is 0 Å². The van der Waals surface area contributed by atoms with Crippen molar-refractivity contribution in [2.45, 2.75) is 33.1 Å². The summed E-state index contributed by atoms with van der Waals surface area (Å²) < 4.78 is 9.81. The largest absolute Gasteiger partial charge is 0.466 e. The highest BCUT2D eigenvalue weighted by molar-refractivity contribution is 5.73.